The molecule has 6 unspecified atom stereocenters. The number of carbonyl (C=O) groups is 2. The van der Waals surface area contributed by atoms with E-state index in [2.05, 4.69) is 50.3 Å². The van der Waals surface area contributed by atoms with Crippen LogP contribution >= 0.6 is 7.82 Å². The third-order valence-electron chi connectivity index (χ3n) is 9.65. The zero-order chi connectivity index (χ0) is 43.6. The van der Waals surface area contributed by atoms with Crippen LogP contribution in [0.25, 0.3) is 0 Å². The summed E-state index contributed by atoms with van der Waals surface area (Å²) >= 11 is 0. The summed E-state index contributed by atoms with van der Waals surface area (Å²) < 4.78 is 33.4. The number of hydrogen-bond acceptors (Lipinski definition) is 12. The number of phosphoric acid groups is 1. The van der Waals surface area contributed by atoms with E-state index in [0.717, 1.165) is 77.0 Å². The van der Waals surface area contributed by atoms with Crippen molar-refractivity contribution in [1.82, 2.24) is 0 Å². The summed E-state index contributed by atoms with van der Waals surface area (Å²) in [6, 6.07) is 0. The lowest BCUT2D eigenvalue weighted by atomic mass is 9.85. The molecule has 1 fully saturated rings. The topological polar surface area (TPSA) is 210 Å². The van der Waals surface area contributed by atoms with Crippen molar-refractivity contribution in [2.45, 2.75) is 185 Å². The van der Waals surface area contributed by atoms with Gasteiger partial charge in [-0.3, -0.25) is 18.6 Å². The van der Waals surface area contributed by atoms with Crippen molar-refractivity contribution in [2.75, 3.05) is 13.2 Å². The SMILES string of the molecule is CC/C=C/C=C/C=C/C=C/CCCCCCCC(=O)O[C@H](COC(=O)CCCCCCC/C=C/C=C/CCCCCC)COP(=O)(O)OC1C(O)C(O)C(O)[C@@H](O)C1O. The van der Waals surface area contributed by atoms with E-state index in [1.165, 1.54) is 25.7 Å². The molecular formula is C45H75O13P. The largest absolute Gasteiger partial charge is 0.472 e. The Balaban J connectivity index is 2.53. The molecule has 59 heavy (non-hydrogen) atoms. The number of aliphatic hydroxyl groups excluding tert-OH is 5. The molecule has 0 bridgehead atoms. The first-order chi connectivity index (χ1) is 28.4. The Bertz CT molecular complexity index is 1310. The predicted molar refractivity (Wildman–Crippen MR) is 230 cm³/mol. The van der Waals surface area contributed by atoms with Crippen LogP contribution < -0.4 is 0 Å². The normalized spacial score (nSPS) is 23.1. The van der Waals surface area contributed by atoms with Crippen LogP contribution in [0.15, 0.2) is 72.9 Å². The quantitative estimate of drug-likeness (QED) is 0.0157. The molecular weight excluding hydrogens is 779 g/mol. The molecule has 0 aromatic heterocycles. The zero-order valence-electron chi connectivity index (χ0n) is 35.5. The van der Waals surface area contributed by atoms with Gasteiger partial charge in [-0.1, -0.05) is 145 Å². The number of rotatable bonds is 34. The molecule has 0 aromatic carbocycles. The molecule has 0 spiro atoms. The maximum absolute atomic E-state index is 12.8. The van der Waals surface area contributed by atoms with E-state index in [1.54, 1.807) is 0 Å². The molecule has 0 saturated heterocycles. The van der Waals surface area contributed by atoms with Crippen molar-refractivity contribution in [3.63, 3.8) is 0 Å². The second-order valence-electron chi connectivity index (χ2n) is 14.9. The summed E-state index contributed by atoms with van der Waals surface area (Å²) in [6.07, 6.45) is 29.6. The Morgan fingerprint density at radius 3 is 1.49 bits per heavy atom. The molecule has 1 rings (SSSR count). The molecule has 8 atom stereocenters. The molecule has 1 aliphatic rings. The summed E-state index contributed by atoms with van der Waals surface area (Å²) in [5.41, 5.74) is 0. The molecule has 1 aliphatic carbocycles. The Morgan fingerprint density at radius 2 is 0.966 bits per heavy atom. The molecule has 0 aliphatic heterocycles. The van der Waals surface area contributed by atoms with Crippen LogP contribution in [-0.2, 0) is 32.7 Å². The fourth-order valence-electron chi connectivity index (χ4n) is 6.11. The number of ether oxygens (including phenoxy) is 2. The summed E-state index contributed by atoms with van der Waals surface area (Å²) in [7, 11) is -5.13. The van der Waals surface area contributed by atoms with Gasteiger partial charge in [0.2, 0.25) is 0 Å². The Kier molecular flexibility index (Phi) is 32.2. The fraction of sp³-hybridized carbons (Fsp3) is 0.689. The molecule has 6 N–H and O–H groups in total. The zero-order valence-corrected chi connectivity index (χ0v) is 36.4. The van der Waals surface area contributed by atoms with Crippen molar-refractivity contribution in [3.05, 3.63) is 72.9 Å². The Labute approximate surface area is 353 Å². The van der Waals surface area contributed by atoms with Gasteiger partial charge >= 0.3 is 19.8 Å². The Hall–Kier alpha value is -2.71. The molecule has 0 heterocycles. The van der Waals surface area contributed by atoms with Crippen molar-refractivity contribution in [1.29, 1.82) is 0 Å². The summed E-state index contributed by atoms with van der Waals surface area (Å²) in [5.74, 6) is -1.15. The lowest BCUT2D eigenvalue weighted by Gasteiger charge is -2.41. The highest BCUT2D eigenvalue weighted by Crippen LogP contribution is 2.47. The second-order valence-corrected chi connectivity index (χ2v) is 16.3. The van der Waals surface area contributed by atoms with Crippen LogP contribution in [0.4, 0.5) is 0 Å². The highest BCUT2D eigenvalue weighted by molar-refractivity contribution is 7.47. The highest BCUT2D eigenvalue weighted by Gasteiger charge is 2.51. The minimum atomic E-state index is -5.13. The van der Waals surface area contributed by atoms with Gasteiger partial charge in [-0.15, -0.1) is 0 Å². The van der Waals surface area contributed by atoms with Crippen molar-refractivity contribution in [3.8, 4) is 0 Å². The Morgan fingerprint density at radius 1 is 0.542 bits per heavy atom. The number of hydrogen-bond donors (Lipinski definition) is 6. The highest BCUT2D eigenvalue weighted by atomic mass is 31.2. The average Bonchev–Trinajstić information content (AvgIpc) is 3.21. The van der Waals surface area contributed by atoms with E-state index in [-0.39, 0.29) is 12.8 Å². The van der Waals surface area contributed by atoms with Crippen LogP contribution in [0.2, 0.25) is 0 Å². The third kappa shape index (κ3) is 27.7. The number of esters is 2. The van der Waals surface area contributed by atoms with Crippen LogP contribution in [0.3, 0.4) is 0 Å². The van der Waals surface area contributed by atoms with Gasteiger partial charge in [0.15, 0.2) is 6.10 Å². The first-order valence-electron chi connectivity index (χ1n) is 21.8. The third-order valence-corrected chi connectivity index (χ3v) is 10.6. The van der Waals surface area contributed by atoms with Gasteiger partial charge in [-0.2, -0.15) is 0 Å². The van der Waals surface area contributed by atoms with Crippen LogP contribution in [0, 0.1) is 0 Å². The minimum Gasteiger partial charge on any atom is -0.462 e. The van der Waals surface area contributed by atoms with Gasteiger partial charge in [0, 0.05) is 12.8 Å². The van der Waals surface area contributed by atoms with E-state index in [4.69, 9.17) is 18.5 Å². The van der Waals surface area contributed by atoms with Crippen molar-refractivity contribution < 1.29 is 63.1 Å². The maximum Gasteiger partial charge on any atom is 0.472 e. The average molecular weight is 855 g/mol. The van der Waals surface area contributed by atoms with Crippen LogP contribution in [-0.4, -0.2) is 98.3 Å². The molecule has 14 heteroatoms. The number of allylic oxidation sites excluding steroid dienone is 12. The van der Waals surface area contributed by atoms with Crippen LogP contribution in [0.1, 0.15) is 142 Å². The second kappa shape index (κ2) is 34.9. The fourth-order valence-corrected chi connectivity index (χ4v) is 7.08. The lowest BCUT2D eigenvalue weighted by Crippen LogP contribution is -2.64. The summed E-state index contributed by atoms with van der Waals surface area (Å²) in [4.78, 5) is 35.6. The summed E-state index contributed by atoms with van der Waals surface area (Å²) in [6.45, 7) is 3.08. The number of aliphatic hydroxyl groups is 5. The molecule has 0 amide bonds. The maximum atomic E-state index is 12.8. The van der Waals surface area contributed by atoms with E-state index >= 15 is 0 Å². The van der Waals surface area contributed by atoms with E-state index in [1.807, 2.05) is 36.5 Å². The van der Waals surface area contributed by atoms with Gasteiger partial charge < -0.3 is 39.9 Å². The summed E-state index contributed by atoms with van der Waals surface area (Å²) in [5, 5.41) is 50.1. The molecule has 338 valence electrons. The number of phosphoric ester groups is 1. The van der Waals surface area contributed by atoms with Gasteiger partial charge in [0.25, 0.3) is 0 Å². The predicted octanol–water partition coefficient (Wildman–Crippen LogP) is 7.94. The molecule has 1 saturated carbocycles. The van der Waals surface area contributed by atoms with Crippen molar-refractivity contribution in [2.24, 2.45) is 0 Å². The van der Waals surface area contributed by atoms with E-state index in [0.29, 0.717) is 12.8 Å². The standard InChI is InChI=1S/C45H75O13P/c1-3-5-7-9-11-13-15-17-19-21-23-25-27-29-31-33-38(46)55-35-37(36-56-59(53,54)58-45-43(51)41(49)40(48)42(50)44(45)52)57-39(47)34-32-30-28-26-24-22-20-18-16-14-12-10-8-6-4-2/h6,8,10,12-20,37,40-45,48-52H,3-5,7,9,11,21-36H2,1-2H3,(H,53,54)/b8-6+,12-10+,15-13+,16-14+,19-17+,20-18+/t37-,40?,41-,42?,43?,44?,45?/m1/s1. The first-order valence-corrected chi connectivity index (χ1v) is 23.3. The lowest BCUT2D eigenvalue weighted by molar-refractivity contribution is -0.220. The molecule has 13 nitrogen and oxygen atoms in total. The van der Waals surface area contributed by atoms with Crippen LogP contribution in [0.5, 0.6) is 0 Å². The molecule has 0 aromatic rings. The van der Waals surface area contributed by atoms with E-state index < -0.39 is 75.7 Å². The minimum absolute atomic E-state index is 0.0631. The van der Waals surface area contributed by atoms with Gasteiger partial charge in [-0.05, 0) is 57.8 Å². The van der Waals surface area contributed by atoms with E-state index in [9.17, 15) is 44.6 Å². The van der Waals surface area contributed by atoms with Gasteiger partial charge in [0.05, 0.1) is 6.61 Å². The monoisotopic (exact) mass is 854 g/mol. The number of unbranched alkanes of at least 4 members (excludes halogenated alkanes) is 14. The molecule has 0 radical (unpaired) electrons. The van der Waals surface area contributed by atoms with Gasteiger partial charge in [0.1, 0.15) is 43.2 Å². The van der Waals surface area contributed by atoms with Gasteiger partial charge in [-0.25, -0.2) is 4.57 Å². The first kappa shape index (κ1) is 54.3. The number of carbonyl (C=O) groups excluding carboxylic acids is 2. The smallest absolute Gasteiger partial charge is 0.462 e. The van der Waals surface area contributed by atoms with Crippen molar-refractivity contribution >= 4 is 19.8 Å².